The second-order valence-corrected chi connectivity index (χ2v) is 4.89. The minimum absolute atomic E-state index is 0.322. The molecule has 100 valence electrons. The Morgan fingerprint density at radius 1 is 1.58 bits per heavy atom. The van der Waals surface area contributed by atoms with Crippen molar-refractivity contribution in [1.29, 1.82) is 0 Å². The number of hydrogen-bond donors (Lipinski definition) is 1. The summed E-state index contributed by atoms with van der Waals surface area (Å²) in [6, 6.07) is 1.83. The summed E-state index contributed by atoms with van der Waals surface area (Å²) in [5, 5.41) is 10.9. The molecular formula is C13H16N4O2. The number of carbonyl (C=O) groups is 1. The summed E-state index contributed by atoms with van der Waals surface area (Å²) in [7, 11) is 1.82. The highest BCUT2D eigenvalue weighted by atomic mass is 16.5. The molecule has 3 rings (SSSR count). The third-order valence-corrected chi connectivity index (χ3v) is 3.61. The van der Waals surface area contributed by atoms with Gasteiger partial charge in [-0.1, -0.05) is 6.42 Å². The number of carbonyl (C=O) groups excluding carboxylic acids is 1. The highest BCUT2D eigenvalue weighted by Crippen LogP contribution is 2.27. The molecule has 2 aromatic rings. The van der Waals surface area contributed by atoms with Gasteiger partial charge in [-0.2, -0.15) is 10.2 Å². The molecule has 1 fully saturated rings. The highest BCUT2D eigenvalue weighted by molar-refractivity contribution is 5.95. The fourth-order valence-electron chi connectivity index (χ4n) is 2.19. The van der Waals surface area contributed by atoms with Crippen LogP contribution in [0.3, 0.4) is 0 Å². The number of esters is 1. The summed E-state index contributed by atoms with van der Waals surface area (Å²) in [4.78, 5) is 12.1. The van der Waals surface area contributed by atoms with E-state index in [4.69, 9.17) is 4.74 Å². The van der Waals surface area contributed by atoms with Gasteiger partial charge >= 0.3 is 5.97 Å². The average Bonchev–Trinajstić information content (AvgIpc) is 2.94. The van der Waals surface area contributed by atoms with Crippen LogP contribution in [0.25, 0.3) is 11.4 Å². The lowest BCUT2D eigenvalue weighted by atomic mass is 9.86. The van der Waals surface area contributed by atoms with E-state index in [0.29, 0.717) is 23.8 Å². The molecule has 0 saturated heterocycles. The van der Waals surface area contributed by atoms with Crippen molar-refractivity contribution < 1.29 is 9.53 Å². The molecule has 0 atom stereocenters. The van der Waals surface area contributed by atoms with Gasteiger partial charge in [0.2, 0.25) is 0 Å². The second kappa shape index (κ2) is 4.87. The molecular weight excluding hydrogens is 244 g/mol. The molecule has 0 amide bonds. The average molecular weight is 260 g/mol. The van der Waals surface area contributed by atoms with E-state index in [1.54, 1.807) is 10.9 Å². The lowest BCUT2D eigenvalue weighted by molar-refractivity contribution is 0.0372. The maximum Gasteiger partial charge on any atom is 0.342 e. The maximum absolute atomic E-state index is 12.1. The number of nitrogens with zero attached hydrogens (tertiary/aromatic N) is 3. The zero-order valence-electron chi connectivity index (χ0n) is 10.8. The number of rotatable bonds is 4. The summed E-state index contributed by atoms with van der Waals surface area (Å²) in [6.45, 7) is 0.509. The van der Waals surface area contributed by atoms with E-state index in [9.17, 15) is 4.79 Å². The summed E-state index contributed by atoms with van der Waals surface area (Å²) >= 11 is 0. The van der Waals surface area contributed by atoms with Crippen molar-refractivity contribution >= 4 is 5.97 Å². The third kappa shape index (κ3) is 2.25. The Hall–Kier alpha value is -2.11. The van der Waals surface area contributed by atoms with Gasteiger partial charge in [0, 0.05) is 13.2 Å². The maximum atomic E-state index is 12.1. The third-order valence-electron chi connectivity index (χ3n) is 3.61. The van der Waals surface area contributed by atoms with Crippen LogP contribution in [0.15, 0.2) is 18.5 Å². The van der Waals surface area contributed by atoms with E-state index in [-0.39, 0.29) is 5.97 Å². The second-order valence-electron chi connectivity index (χ2n) is 4.89. The van der Waals surface area contributed by atoms with Crippen LogP contribution in [-0.2, 0) is 11.8 Å². The first-order valence-electron chi connectivity index (χ1n) is 6.44. The first-order chi connectivity index (χ1) is 9.25. The molecule has 1 aliphatic carbocycles. The van der Waals surface area contributed by atoms with Crippen molar-refractivity contribution in [2.75, 3.05) is 6.61 Å². The van der Waals surface area contributed by atoms with Crippen molar-refractivity contribution in [2.45, 2.75) is 19.3 Å². The van der Waals surface area contributed by atoms with Gasteiger partial charge in [-0.3, -0.25) is 9.78 Å². The quantitative estimate of drug-likeness (QED) is 0.850. The van der Waals surface area contributed by atoms with Crippen molar-refractivity contribution in [1.82, 2.24) is 20.0 Å². The van der Waals surface area contributed by atoms with Crippen molar-refractivity contribution in [2.24, 2.45) is 13.0 Å². The molecule has 2 aromatic heterocycles. The van der Waals surface area contributed by atoms with Crippen molar-refractivity contribution in [3.63, 3.8) is 0 Å². The van der Waals surface area contributed by atoms with E-state index in [1.807, 2.05) is 13.1 Å². The number of ether oxygens (including phenoxy) is 1. The number of aromatic nitrogens is 4. The largest absolute Gasteiger partial charge is 0.462 e. The lowest BCUT2D eigenvalue weighted by Crippen LogP contribution is -2.20. The topological polar surface area (TPSA) is 72.8 Å². The molecule has 0 spiro atoms. The van der Waals surface area contributed by atoms with Crippen LogP contribution >= 0.6 is 0 Å². The SMILES string of the molecule is Cn1nccc1-c1[nH]ncc1C(=O)OCC1CCC1. The van der Waals surface area contributed by atoms with Crippen molar-refractivity contribution in [3.05, 3.63) is 24.0 Å². The highest BCUT2D eigenvalue weighted by Gasteiger charge is 2.22. The number of H-pyrrole nitrogens is 1. The van der Waals surface area contributed by atoms with E-state index in [0.717, 1.165) is 18.5 Å². The zero-order chi connectivity index (χ0) is 13.2. The van der Waals surface area contributed by atoms with Gasteiger partial charge in [0.05, 0.1) is 24.2 Å². The van der Waals surface area contributed by atoms with Gasteiger partial charge in [0.1, 0.15) is 5.56 Å². The standard InChI is InChI=1S/C13H16N4O2/c1-17-11(5-6-15-17)12-10(7-14-16-12)13(18)19-8-9-3-2-4-9/h5-7,9H,2-4,8H2,1H3,(H,14,16). The van der Waals surface area contributed by atoms with Crippen LogP contribution < -0.4 is 0 Å². The molecule has 19 heavy (non-hydrogen) atoms. The Morgan fingerprint density at radius 3 is 3.05 bits per heavy atom. The monoisotopic (exact) mass is 260 g/mol. The summed E-state index contributed by atoms with van der Waals surface area (Å²) in [6.07, 6.45) is 6.75. The number of aryl methyl sites for hydroxylation is 1. The molecule has 0 aliphatic heterocycles. The van der Waals surface area contributed by atoms with E-state index in [2.05, 4.69) is 15.3 Å². The number of nitrogens with one attached hydrogen (secondary N) is 1. The van der Waals surface area contributed by atoms with Crippen LogP contribution in [0.1, 0.15) is 29.6 Å². The van der Waals surface area contributed by atoms with Crippen LogP contribution in [0.4, 0.5) is 0 Å². The Kier molecular flexibility index (Phi) is 3.06. The van der Waals surface area contributed by atoms with Crippen molar-refractivity contribution in [3.8, 4) is 11.4 Å². The molecule has 0 unspecified atom stereocenters. The van der Waals surface area contributed by atoms with Gasteiger partial charge < -0.3 is 4.74 Å². The molecule has 1 aliphatic rings. The Morgan fingerprint density at radius 2 is 2.42 bits per heavy atom. The van der Waals surface area contributed by atoms with Crippen LogP contribution in [0, 0.1) is 5.92 Å². The van der Waals surface area contributed by atoms with Gasteiger partial charge in [0.25, 0.3) is 0 Å². The summed E-state index contributed by atoms with van der Waals surface area (Å²) in [5.41, 5.74) is 1.93. The predicted octanol–water partition coefficient (Wildman–Crippen LogP) is 1.77. The molecule has 6 nitrogen and oxygen atoms in total. The van der Waals surface area contributed by atoms with Gasteiger partial charge in [0.15, 0.2) is 0 Å². The lowest BCUT2D eigenvalue weighted by Gasteiger charge is -2.24. The molecule has 2 heterocycles. The molecule has 0 aromatic carbocycles. The van der Waals surface area contributed by atoms with Gasteiger partial charge in [-0.05, 0) is 24.8 Å². The molecule has 0 bridgehead atoms. The molecule has 6 heteroatoms. The Labute approximate surface area is 110 Å². The zero-order valence-corrected chi connectivity index (χ0v) is 10.8. The summed E-state index contributed by atoms with van der Waals surface area (Å²) in [5.74, 6) is 0.216. The van der Waals surface area contributed by atoms with Crippen LogP contribution in [0.2, 0.25) is 0 Å². The smallest absolute Gasteiger partial charge is 0.342 e. The van der Waals surface area contributed by atoms with Gasteiger partial charge in [-0.25, -0.2) is 4.79 Å². The number of hydrogen-bond acceptors (Lipinski definition) is 4. The van der Waals surface area contributed by atoms with E-state index < -0.39 is 0 Å². The minimum Gasteiger partial charge on any atom is -0.462 e. The first kappa shape index (κ1) is 12.0. The number of aromatic amines is 1. The Bertz CT molecular complexity index is 583. The van der Waals surface area contributed by atoms with E-state index >= 15 is 0 Å². The molecule has 0 radical (unpaired) electrons. The molecule has 1 saturated carbocycles. The normalized spacial score (nSPS) is 15.2. The molecule has 1 N–H and O–H groups in total. The first-order valence-corrected chi connectivity index (χ1v) is 6.44. The predicted molar refractivity (Wildman–Crippen MR) is 68.4 cm³/mol. The Balaban J connectivity index is 1.75. The van der Waals surface area contributed by atoms with Crippen LogP contribution in [-0.4, -0.2) is 32.6 Å². The minimum atomic E-state index is -0.322. The fourth-order valence-corrected chi connectivity index (χ4v) is 2.19. The van der Waals surface area contributed by atoms with E-state index in [1.165, 1.54) is 12.6 Å². The summed E-state index contributed by atoms with van der Waals surface area (Å²) < 4.78 is 7.03. The fraction of sp³-hybridized carbons (Fsp3) is 0.462. The van der Waals surface area contributed by atoms with Crippen LogP contribution in [0.5, 0.6) is 0 Å². The van der Waals surface area contributed by atoms with Gasteiger partial charge in [-0.15, -0.1) is 0 Å².